The molecular formula is C16H23F4O5P. The van der Waals surface area contributed by atoms with Crippen LogP contribution in [0.3, 0.4) is 0 Å². The minimum Gasteiger partial charge on any atom is -0.302 e. The van der Waals surface area contributed by atoms with E-state index in [-0.39, 0.29) is 25.7 Å². The quantitative estimate of drug-likeness (QED) is 0.405. The van der Waals surface area contributed by atoms with Crippen molar-refractivity contribution in [3.63, 3.8) is 0 Å². The molecule has 2 rings (SSSR count). The van der Waals surface area contributed by atoms with Gasteiger partial charge in [0.25, 0.3) is 0 Å². The topological polar surface area (TPSA) is 69.7 Å². The van der Waals surface area contributed by atoms with Gasteiger partial charge >= 0.3 is 20.1 Å². The summed E-state index contributed by atoms with van der Waals surface area (Å²) in [5.74, 6) is -12.3. The van der Waals surface area contributed by atoms with Gasteiger partial charge in [0.05, 0.1) is 0 Å². The molecule has 2 fully saturated rings. The second kappa shape index (κ2) is 8.93. The largest absolute Gasteiger partial charge is 0.320 e. The standard InChI is InChI=1S/C16H23F4O5P/c17-15(18,11-5-1-2-6-11)13(21)9-24-26(23)25-10-14(22)16(19,20)12-7-3-4-8-12/h11-12,26H,1-10H2. The minimum atomic E-state index is -3.58. The van der Waals surface area contributed by atoms with Crippen LogP contribution in [0.5, 0.6) is 0 Å². The predicted molar refractivity (Wildman–Crippen MR) is 84.7 cm³/mol. The number of ketones is 2. The summed E-state index contributed by atoms with van der Waals surface area (Å²) < 4.78 is 76.0. The molecule has 0 amide bonds. The zero-order chi connectivity index (χ0) is 19.4. The predicted octanol–water partition coefficient (Wildman–Crippen LogP) is 4.20. The Balaban J connectivity index is 1.74. The van der Waals surface area contributed by atoms with Crippen molar-refractivity contribution < 1.29 is 40.8 Å². The molecule has 2 aliphatic carbocycles. The minimum absolute atomic E-state index is 0.231. The second-order valence-corrected chi connectivity index (χ2v) is 7.96. The van der Waals surface area contributed by atoms with E-state index in [1.807, 2.05) is 0 Å². The molecule has 26 heavy (non-hydrogen) atoms. The maximum absolute atomic E-state index is 13.9. The first-order valence-corrected chi connectivity index (χ1v) is 10.00. The third-order valence-electron chi connectivity index (χ3n) is 5.12. The van der Waals surface area contributed by atoms with Crippen LogP contribution in [0.15, 0.2) is 0 Å². The van der Waals surface area contributed by atoms with Crippen LogP contribution in [0.1, 0.15) is 51.4 Å². The van der Waals surface area contributed by atoms with Crippen molar-refractivity contribution in [1.82, 2.24) is 0 Å². The summed E-state index contributed by atoms with van der Waals surface area (Å²) in [5.41, 5.74) is 0. The Hall–Kier alpha value is -0.790. The number of rotatable bonds is 10. The number of halogens is 4. The zero-order valence-electron chi connectivity index (χ0n) is 14.3. The molecule has 0 spiro atoms. The fourth-order valence-electron chi connectivity index (χ4n) is 3.52. The van der Waals surface area contributed by atoms with Crippen LogP contribution < -0.4 is 0 Å². The molecule has 10 heteroatoms. The van der Waals surface area contributed by atoms with E-state index in [2.05, 4.69) is 9.05 Å². The molecule has 150 valence electrons. The zero-order valence-corrected chi connectivity index (χ0v) is 15.3. The van der Waals surface area contributed by atoms with Gasteiger partial charge in [-0.15, -0.1) is 0 Å². The van der Waals surface area contributed by atoms with Gasteiger partial charge in [-0.05, 0) is 25.7 Å². The monoisotopic (exact) mass is 402 g/mol. The molecule has 0 aromatic rings. The molecule has 0 heterocycles. The normalized spacial score (nSPS) is 20.2. The lowest BCUT2D eigenvalue weighted by molar-refractivity contribution is -0.154. The number of Topliss-reactive ketones (excluding diaryl/α,β-unsaturated/α-hetero) is 2. The van der Waals surface area contributed by atoms with Gasteiger partial charge in [0.2, 0.25) is 11.6 Å². The van der Waals surface area contributed by atoms with Crippen LogP contribution in [0.4, 0.5) is 17.6 Å². The third kappa shape index (κ3) is 5.14. The molecule has 0 saturated heterocycles. The lowest BCUT2D eigenvalue weighted by Crippen LogP contribution is -2.38. The van der Waals surface area contributed by atoms with Crippen molar-refractivity contribution in [2.45, 2.75) is 63.2 Å². The van der Waals surface area contributed by atoms with E-state index < -0.39 is 56.7 Å². The number of hydrogen-bond acceptors (Lipinski definition) is 5. The molecule has 0 atom stereocenters. The van der Waals surface area contributed by atoms with Crippen molar-refractivity contribution in [3.8, 4) is 0 Å². The summed E-state index contributed by atoms with van der Waals surface area (Å²) >= 11 is 0. The molecule has 2 saturated carbocycles. The Kier molecular flexibility index (Phi) is 7.39. The average Bonchev–Trinajstić information content (AvgIpc) is 3.30. The molecule has 0 N–H and O–H groups in total. The first-order valence-electron chi connectivity index (χ1n) is 8.77. The molecule has 0 aromatic heterocycles. The lowest BCUT2D eigenvalue weighted by atomic mass is 9.96. The van der Waals surface area contributed by atoms with Gasteiger partial charge in [-0.2, -0.15) is 17.6 Å². The summed E-state index contributed by atoms with van der Waals surface area (Å²) in [6.45, 7) is -2.29. The van der Waals surface area contributed by atoms with Gasteiger partial charge in [-0.25, -0.2) is 0 Å². The highest BCUT2D eigenvalue weighted by Gasteiger charge is 2.48. The Morgan fingerprint density at radius 3 is 1.38 bits per heavy atom. The highest BCUT2D eigenvalue weighted by molar-refractivity contribution is 7.33. The number of carbonyl (C=O) groups excluding carboxylic acids is 2. The maximum atomic E-state index is 13.9. The van der Waals surface area contributed by atoms with Gasteiger partial charge in [-0.3, -0.25) is 14.2 Å². The van der Waals surface area contributed by atoms with E-state index >= 15 is 0 Å². The third-order valence-corrected chi connectivity index (χ3v) is 5.88. The van der Waals surface area contributed by atoms with Crippen LogP contribution in [0.25, 0.3) is 0 Å². The molecule has 0 radical (unpaired) electrons. The van der Waals surface area contributed by atoms with Gasteiger partial charge in [0.1, 0.15) is 13.2 Å². The van der Waals surface area contributed by atoms with Crippen LogP contribution in [0, 0.1) is 11.8 Å². The summed E-state index contributed by atoms with van der Waals surface area (Å²) in [7, 11) is -3.50. The van der Waals surface area contributed by atoms with E-state index in [4.69, 9.17) is 0 Å². The van der Waals surface area contributed by atoms with E-state index in [9.17, 15) is 31.7 Å². The molecule has 0 aliphatic heterocycles. The molecule has 0 unspecified atom stereocenters. The van der Waals surface area contributed by atoms with Crippen LogP contribution in [-0.2, 0) is 23.2 Å². The molecule has 5 nitrogen and oxygen atoms in total. The van der Waals surface area contributed by atoms with E-state index in [0.717, 1.165) is 0 Å². The highest BCUT2D eigenvalue weighted by atomic mass is 31.1. The average molecular weight is 402 g/mol. The second-order valence-electron chi connectivity index (χ2n) is 6.88. The van der Waals surface area contributed by atoms with Crippen LogP contribution >= 0.6 is 8.25 Å². The van der Waals surface area contributed by atoms with Crippen molar-refractivity contribution in [2.75, 3.05) is 13.2 Å². The SMILES string of the molecule is O=C(CO[PH](=O)OCC(=O)C(F)(F)C1CCCC1)C(F)(F)C1CCCC1. The van der Waals surface area contributed by atoms with Gasteiger partial charge in [-0.1, -0.05) is 25.7 Å². The fourth-order valence-corrected chi connectivity index (χ4v) is 4.10. The Bertz CT molecular complexity index is 497. The van der Waals surface area contributed by atoms with Gasteiger partial charge < -0.3 is 9.05 Å². The Labute approximate surface area is 149 Å². The number of hydrogen-bond donors (Lipinski definition) is 0. The van der Waals surface area contributed by atoms with Crippen molar-refractivity contribution in [2.24, 2.45) is 11.8 Å². The lowest BCUT2D eigenvalue weighted by Gasteiger charge is -2.22. The van der Waals surface area contributed by atoms with Crippen LogP contribution in [0.2, 0.25) is 0 Å². The molecule has 0 aromatic carbocycles. The summed E-state index contributed by atoms with van der Waals surface area (Å²) in [4.78, 5) is 23.2. The Morgan fingerprint density at radius 2 is 1.08 bits per heavy atom. The van der Waals surface area contributed by atoms with Crippen LogP contribution in [-0.4, -0.2) is 36.6 Å². The number of alkyl halides is 4. The van der Waals surface area contributed by atoms with Crippen molar-refractivity contribution >= 4 is 19.8 Å². The maximum Gasteiger partial charge on any atom is 0.320 e. The fraction of sp³-hybridized carbons (Fsp3) is 0.875. The van der Waals surface area contributed by atoms with Crippen molar-refractivity contribution in [1.29, 1.82) is 0 Å². The first-order chi connectivity index (χ1) is 12.2. The van der Waals surface area contributed by atoms with E-state index in [1.165, 1.54) is 0 Å². The summed E-state index contributed by atoms with van der Waals surface area (Å²) in [6.07, 6.45) is 3.39. The van der Waals surface area contributed by atoms with E-state index in [1.54, 1.807) is 0 Å². The summed E-state index contributed by atoms with van der Waals surface area (Å²) in [5, 5.41) is 0. The molecule has 0 bridgehead atoms. The van der Waals surface area contributed by atoms with E-state index in [0.29, 0.717) is 25.7 Å². The Morgan fingerprint density at radius 1 is 0.769 bits per heavy atom. The first kappa shape index (κ1) is 21.5. The molecular weight excluding hydrogens is 379 g/mol. The molecule has 2 aliphatic rings. The number of carbonyl (C=O) groups is 2. The van der Waals surface area contributed by atoms with Gasteiger partial charge in [0.15, 0.2) is 0 Å². The smallest absolute Gasteiger partial charge is 0.302 e. The van der Waals surface area contributed by atoms with Gasteiger partial charge in [0, 0.05) is 11.8 Å². The van der Waals surface area contributed by atoms with Crippen molar-refractivity contribution in [3.05, 3.63) is 0 Å². The summed E-state index contributed by atoms with van der Waals surface area (Å²) in [6, 6.07) is 0. The highest BCUT2D eigenvalue weighted by Crippen LogP contribution is 2.40.